The summed E-state index contributed by atoms with van der Waals surface area (Å²) in [6.07, 6.45) is 1.66. The molecule has 5 nitrogen and oxygen atoms in total. The summed E-state index contributed by atoms with van der Waals surface area (Å²) in [5.41, 5.74) is 0.593. The number of carbonyl (C=O) groups is 2. The predicted molar refractivity (Wildman–Crippen MR) is 96.9 cm³/mol. The molecule has 1 unspecified atom stereocenters. The van der Waals surface area contributed by atoms with Crippen LogP contribution in [0.4, 0.5) is 10.1 Å². The van der Waals surface area contributed by atoms with Gasteiger partial charge < -0.3 is 15.1 Å². The number of carbonyl (C=O) groups excluding carboxylic acids is 2. The van der Waals surface area contributed by atoms with E-state index in [1.807, 2.05) is 29.7 Å². The number of benzene rings is 1. The van der Waals surface area contributed by atoms with E-state index >= 15 is 0 Å². The lowest BCUT2D eigenvalue weighted by Crippen LogP contribution is -2.49. The molecule has 1 aromatic carbocycles. The van der Waals surface area contributed by atoms with Gasteiger partial charge in [-0.25, -0.2) is 4.39 Å². The number of anilines is 1. The first-order chi connectivity index (χ1) is 12.0. The van der Waals surface area contributed by atoms with Crippen molar-refractivity contribution in [3.05, 3.63) is 30.1 Å². The van der Waals surface area contributed by atoms with Crippen LogP contribution in [0.5, 0.6) is 0 Å². The monoisotopic (exact) mass is 349 g/mol. The van der Waals surface area contributed by atoms with Crippen LogP contribution in [-0.2, 0) is 9.59 Å². The highest BCUT2D eigenvalue weighted by molar-refractivity contribution is 5.79. The maximum absolute atomic E-state index is 13.9. The highest BCUT2D eigenvalue weighted by Crippen LogP contribution is 2.20. The van der Waals surface area contributed by atoms with Gasteiger partial charge in [0.25, 0.3) is 0 Å². The maximum atomic E-state index is 13.9. The first kappa shape index (κ1) is 19.2. The molecule has 0 aromatic heterocycles. The van der Waals surface area contributed by atoms with Gasteiger partial charge in [0, 0.05) is 45.6 Å². The highest BCUT2D eigenvalue weighted by Gasteiger charge is 2.24. The molecule has 25 heavy (non-hydrogen) atoms. The van der Waals surface area contributed by atoms with Gasteiger partial charge in [0.1, 0.15) is 5.82 Å². The van der Waals surface area contributed by atoms with Crippen molar-refractivity contribution in [1.29, 1.82) is 0 Å². The Morgan fingerprint density at radius 1 is 1.16 bits per heavy atom. The van der Waals surface area contributed by atoms with Crippen molar-refractivity contribution in [2.45, 2.75) is 33.1 Å². The second-order valence-corrected chi connectivity index (χ2v) is 6.68. The fraction of sp³-hybridized carbons (Fsp3) is 0.579. The molecule has 0 spiro atoms. The Bertz CT molecular complexity index is 586. The zero-order valence-electron chi connectivity index (χ0n) is 15.1. The number of para-hydroxylation sites is 1. The molecule has 1 heterocycles. The summed E-state index contributed by atoms with van der Waals surface area (Å²) in [6.45, 7) is 7.03. The summed E-state index contributed by atoms with van der Waals surface area (Å²) in [5, 5.41) is 2.84. The Labute approximate surface area is 149 Å². The number of rotatable bonds is 7. The van der Waals surface area contributed by atoms with Crippen LogP contribution in [0.2, 0.25) is 0 Å². The minimum absolute atomic E-state index is 0.00604. The van der Waals surface area contributed by atoms with Crippen LogP contribution >= 0.6 is 0 Å². The largest absolute Gasteiger partial charge is 0.366 e. The third-order valence-electron chi connectivity index (χ3n) is 4.45. The van der Waals surface area contributed by atoms with E-state index < -0.39 is 0 Å². The van der Waals surface area contributed by atoms with Crippen LogP contribution in [0.3, 0.4) is 0 Å². The molecule has 138 valence electrons. The third kappa shape index (κ3) is 5.73. The molecule has 1 atom stereocenters. The molecule has 1 saturated heterocycles. The molecule has 6 heteroatoms. The zero-order chi connectivity index (χ0) is 18.2. The fourth-order valence-electron chi connectivity index (χ4n) is 3.06. The lowest BCUT2D eigenvalue weighted by atomic mass is 10.0. The smallest absolute Gasteiger partial charge is 0.222 e. The number of hydrogen-bond acceptors (Lipinski definition) is 3. The molecule has 0 radical (unpaired) electrons. The third-order valence-corrected chi connectivity index (χ3v) is 4.45. The van der Waals surface area contributed by atoms with E-state index in [1.54, 1.807) is 12.1 Å². The van der Waals surface area contributed by atoms with Crippen molar-refractivity contribution < 1.29 is 14.0 Å². The lowest BCUT2D eigenvalue weighted by molar-refractivity contribution is -0.132. The Balaban J connectivity index is 1.77. The Morgan fingerprint density at radius 2 is 1.84 bits per heavy atom. The van der Waals surface area contributed by atoms with E-state index in [4.69, 9.17) is 0 Å². The molecular formula is C19H28FN3O2. The van der Waals surface area contributed by atoms with Crippen LogP contribution in [0, 0.1) is 11.7 Å². The van der Waals surface area contributed by atoms with Gasteiger partial charge in [-0.2, -0.15) is 0 Å². The molecule has 1 aliphatic rings. The second-order valence-electron chi connectivity index (χ2n) is 6.68. The van der Waals surface area contributed by atoms with Gasteiger partial charge in [0.15, 0.2) is 0 Å². The van der Waals surface area contributed by atoms with Crippen LogP contribution < -0.4 is 10.2 Å². The topological polar surface area (TPSA) is 52.7 Å². The Hall–Kier alpha value is -2.11. The summed E-state index contributed by atoms with van der Waals surface area (Å²) in [4.78, 5) is 27.9. The van der Waals surface area contributed by atoms with Gasteiger partial charge in [0.2, 0.25) is 11.8 Å². The second kappa shape index (κ2) is 9.39. The van der Waals surface area contributed by atoms with Gasteiger partial charge >= 0.3 is 0 Å². The van der Waals surface area contributed by atoms with E-state index in [0.717, 1.165) is 6.42 Å². The standard InChI is InChI=1S/C19H28FN3O2/c1-3-8-21-18(24)13-15(2)14-19(25)23-11-9-22(10-12-23)17-7-5-4-6-16(17)20/h4-7,15H,3,8-14H2,1-2H3,(H,21,24). The Morgan fingerprint density at radius 3 is 2.48 bits per heavy atom. The fourth-order valence-corrected chi connectivity index (χ4v) is 3.06. The number of piperazine rings is 1. The van der Waals surface area contributed by atoms with E-state index in [9.17, 15) is 14.0 Å². The molecule has 0 saturated carbocycles. The van der Waals surface area contributed by atoms with Crippen molar-refractivity contribution in [3.63, 3.8) is 0 Å². The van der Waals surface area contributed by atoms with Gasteiger partial charge in [-0.15, -0.1) is 0 Å². The highest BCUT2D eigenvalue weighted by atomic mass is 19.1. The van der Waals surface area contributed by atoms with Crippen molar-refractivity contribution in [2.24, 2.45) is 5.92 Å². The number of nitrogens with one attached hydrogen (secondary N) is 1. The molecule has 1 N–H and O–H groups in total. The quantitative estimate of drug-likeness (QED) is 0.822. The van der Waals surface area contributed by atoms with Crippen molar-refractivity contribution in [3.8, 4) is 0 Å². The summed E-state index contributed by atoms with van der Waals surface area (Å²) in [6, 6.07) is 6.72. The lowest BCUT2D eigenvalue weighted by Gasteiger charge is -2.36. The molecule has 1 aromatic rings. The van der Waals surface area contributed by atoms with Crippen LogP contribution in [0.15, 0.2) is 24.3 Å². The van der Waals surface area contributed by atoms with E-state index in [1.165, 1.54) is 6.07 Å². The first-order valence-corrected chi connectivity index (χ1v) is 9.05. The summed E-state index contributed by atoms with van der Waals surface area (Å²) in [5.74, 6) is -0.126. The minimum atomic E-state index is -0.228. The van der Waals surface area contributed by atoms with E-state index in [0.29, 0.717) is 51.3 Å². The van der Waals surface area contributed by atoms with Gasteiger partial charge in [-0.1, -0.05) is 26.0 Å². The average molecular weight is 349 g/mol. The summed E-state index contributed by atoms with van der Waals surface area (Å²) < 4.78 is 13.9. The van der Waals surface area contributed by atoms with Gasteiger partial charge in [0.05, 0.1) is 5.69 Å². The van der Waals surface area contributed by atoms with Crippen LogP contribution in [-0.4, -0.2) is 49.4 Å². The normalized spacial score (nSPS) is 15.8. The molecule has 2 amide bonds. The number of hydrogen-bond donors (Lipinski definition) is 1. The Kier molecular flexibility index (Phi) is 7.22. The van der Waals surface area contributed by atoms with Crippen LogP contribution in [0.1, 0.15) is 33.1 Å². The molecule has 0 aliphatic carbocycles. The summed E-state index contributed by atoms with van der Waals surface area (Å²) >= 11 is 0. The molecule has 2 rings (SSSR count). The zero-order valence-corrected chi connectivity index (χ0v) is 15.1. The SMILES string of the molecule is CCCNC(=O)CC(C)CC(=O)N1CCN(c2ccccc2F)CC1. The van der Waals surface area contributed by atoms with E-state index in [2.05, 4.69) is 5.32 Å². The van der Waals surface area contributed by atoms with Crippen molar-refractivity contribution >= 4 is 17.5 Å². The molecule has 0 bridgehead atoms. The van der Waals surface area contributed by atoms with Gasteiger partial charge in [-0.3, -0.25) is 9.59 Å². The van der Waals surface area contributed by atoms with E-state index in [-0.39, 0.29) is 23.5 Å². The maximum Gasteiger partial charge on any atom is 0.222 e. The molecule has 1 aliphatic heterocycles. The first-order valence-electron chi connectivity index (χ1n) is 9.05. The van der Waals surface area contributed by atoms with Crippen LogP contribution in [0.25, 0.3) is 0 Å². The minimum Gasteiger partial charge on any atom is -0.366 e. The number of nitrogens with zero attached hydrogens (tertiary/aromatic N) is 2. The van der Waals surface area contributed by atoms with Crippen molar-refractivity contribution in [2.75, 3.05) is 37.6 Å². The van der Waals surface area contributed by atoms with Crippen molar-refractivity contribution in [1.82, 2.24) is 10.2 Å². The van der Waals surface area contributed by atoms with Gasteiger partial charge in [-0.05, 0) is 24.5 Å². The number of halogens is 1. The molecule has 1 fully saturated rings. The molecular weight excluding hydrogens is 321 g/mol. The summed E-state index contributed by atoms with van der Waals surface area (Å²) in [7, 11) is 0. The number of amides is 2. The average Bonchev–Trinajstić information content (AvgIpc) is 2.60. The predicted octanol–water partition coefficient (Wildman–Crippen LogP) is 2.42.